The quantitative estimate of drug-likeness (QED) is 0.0195. The van der Waals surface area contributed by atoms with Crippen LogP contribution in [0, 0.1) is 0 Å². The molecular weight excluding hydrogens is 918 g/mol. The summed E-state index contributed by atoms with van der Waals surface area (Å²) in [5.74, 6) is -0.846. The minimum atomic E-state index is -4.64. The second-order valence-corrected chi connectivity index (χ2v) is 21.7. The number of quaternary nitrogens is 1. The highest BCUT2D eigenvalue weighted by Crippen LogP contribution is 2.38. The second-order valence-electron chi connectivity index (χ2n) is 20.2. The van der Waals surface area contributed by atoms with E-state index in [9.17, 15) is 19.0 Å². The molecule has 10 heteroatoms. The number of ether oxygens (including phenoxy) is 2. The number of phosphoric ester groups is 1. The summed E-state index contributed by atoms with van der Waals surface area (Å²) in [6.07, 6.45) is 71.7. The number of hydrogen-bond acceptors (Lipinski definition) is 8. The number of esters is 2. The number of allylic oxidation sites excluding steroid dienone is 16. The third kappa shape index (κ3) is 56.2. The van der Waals surface area contributed by atoms with Crippen LogP contribution in [0.2, 0.25) is 0 Å². The molecule has 0 heterocycles. The molecule has 0 bridgehead atoms. The Bertz CT molecular complexity index is 1540. The summed E-state index contributed by atoms with van der Waals surface area (Å²) in [7, 11) is 1.15. The molecule has 0 spiro atoms. The Morgan fingerprint density at radius 3 is 1.11 bits per heavy atom. The van der Waals surface area contributed by atoms with Crippen molar-refractivity contribution in [1.82, 2.24) is 0 Å². The van der Waals surface area contributed by atoms with Crippen molar-refractivity contribution in [3.05, 3.63) is 97.2 Å². The van der Waals surface area contributed by atoms with E-state index in [-0.39, 0.29) is 26.1 Å². The Hall–Kier alpha value is -3.07. The van der Waals surface area contributed by atoms with Crippen molar-refractivity contribution in [2.75, 3.05) is 47.5 Å². The van der Waals surface area contributed by atoms with Crippen molar-refractivity contribution >= 4 is 19.8 Å². The number of carbonyl (C=O) groups excluding carboxylic acids is 2. The van der Waals surface area contributed by atoms with Crippen LogP contribution >= 0.6 is 7.82 Å². The van der Waals surface area contributed by atoms with Gasteiger partial charge in [0.2, 0.25) is 0 Å². The van der Waals surface area contributed by atoms with Crippen molar-refractivity contribution in [1.29, 1.82) is 0 Å². The fourth-order valence-corrected chi connectivity index (χ4v) is 8.43. The number of rotatable bonds is 52. The van der Waals surface area contributed by atoms with E-state index in [1.807, 2.05) is 21.1 Å². The van der Waals surface area contributed by atoms with E-state index in [1.54, 1.807) is 0 Å². The molecule has 2 atom stereocenters. The van der Waals surface area contributed by atoms with Gasteiger partial charge in [-0.05, 0) is 89.9 Å². The van der Waals surface area contributed by atoms with Gasteiger partial charge in [0.1, 0.15) is 19.8 Å². The van der Waals surface area contributed by atoms with E-state index < -0.39 is 32.5 Å². The summed E-state index contributed by atoms with van der Waals surface area (Å²) in [6.45, 7) is 4.00. The maximum absolute atomic E-state index is 12.8. The molecule has 0 saturated heterocycles. The number of hydrogen-bond donors (Lipinski definition) is 0. The molecule has 0 N–H and O–H groups in total. The van der Waals surface area contributed by atoms with Crippen LogP contribution in [0.4, 0.5) is 0 Å². The number of likely N-dealkylation sites (N-methyl/N-ethyl adjacent to an activating group) is 1. The summed E-state index contributed by atoms with van der Waals surface area (Å²) in [5, 5.41) is 0. The van der Waals surface area contributed by atoms with Crippen molar-refractivity contribution in [3.63, 3.8) is 0 Å². The molecular formula is C62H108NO8P. The van der Waals surface area contributed by atoms with Gasteiger partial charge in [-0.25, -0.2) is 0 Å². The first-order valence-electron chi connectivity index (χ1n) is 28.9. The molecule has 0 amide bonds. The standard InChI is InChI=1S/C62H108NO8P/c1-6-8-10-12-14-16-18-20-22-24-25-26-27-28-29-30-31-32-33-34-35-36-37-39-41-43-45-47-49-51-53-55-62(65)71-60(59-70-72(66,67)69-57-56-63(3,4)5)58-68-61(64)54-52-50-48-46-44-42-40-38-23-21-19-17-15-13-11-9-7-2/h8-11,14-17,20-23,25-26,28-29,60H,6-7,12-13,18-19,24,27,30-59H2,1-5H3/b10-8-,11-9-,16-14-,17-15-,22-20-,23-21-,26-25-,29-28-. The molecule has 2 unspecified atom stereocenters. The van der Waals surface area contributed by atoms with Gasteiger partial charge >= 0.3 is 11.9 Å². The maximum atomic E-state index is 12.8. The van der Waals surface area contributed by atoms with Crippen LogP contribution in [0.5, 0.6) is 0 Å². The van der Waals surface area contributed by atoms with Crippen LogP contribution in [-0.4, -0.2) is 70.0 Å². The summed E-state index contributed by atoms with van der Waals surface area (Å²) in [4.78, 5) is 37.8. The molecule has 9 nitrogen and oxygen atoms in total. The smallest absolute Gasteiger partial charge is 0.306 e. The van der Waals surface area contributed by atoms with Crippen LogP contribution < -0.4 is 4.89 Å². The lowest BCUT2D eigenvalue weighted by Gasteiger charge is -2.28. The minimum absolute atomic E-state index is 0.0362. The van der Waals surface area contributed by atoms with Crippen molar-refractivity contribution in [2.24, 2.45) is 0 Å². The lowest BCUT2D eigenvalue weighted by molar-refractivity contribution is -0.870. The van der Waals surface area contributed by atoms with Crippen molar-refractivity contribution < 1.29 is 42.1 Å². The number of phosphoric acid groups is 1. The Kier molecular flexibility index (Phi) is 50.5. The molecule has 0 aliphatic rings. The summed E-state index contributed by atoms with van der Waals surface area (Å²) in [6, 6.07) is 0. The van der Waals surface area contributed by atoms with E-state index in [2.05, 4.69) is 111 Å². The fraction of sp³-hybridized carbons (Fsp3) is 0.710. The molecule has 72 heavy (non-hydrogen) atoms. The van der Waals surface area contributed by atoms with E-state index in [0.717, 1.165) is 103 Å². The topological polar surface area (TPSA) is 111 Å². The van der Waals surface area contributed by atoms with Gasteiger partial charge < -0.3 is 27.9 Å². The molecule has 0 aromatic rings. The van der Waals surface area contributed by atoms with Crippen LogP contribution in [-0.2, 0) is 32.7 Å². The summed E-state index contributed by atoms with van der Waals surface area (Å²) in [5.41, 5.74) is 0. The molecule has 0 saturated carbocycles. The predicted molar refractivity (Wildman–Crippen MR) is 305 cm³/mol. The van der Waals surface area contributed by atoms with Crippen LogP contribution in [0.25, 0.3) is 0 Å². The third-order valence-electron chi connectivity index (χ3n) is 12.1. The number of unbranched alkanes of at least 4 members (excludes halogenated alkanes) is 22. The van der Waals surface area contributed by atoms with Gasteiger partial charge in [-0.1, -0.05) is 227 Å². The lowest BCUT2D eigenvalue weighted by atomic mass is 10.0. The molecule has 0 fully saturated rings. The Labute approximate surface area is 443 Å². The van der Waals surface area contributed by atoms with E-state index in [4.69, 9.17) is 18.5 Å². The first-order chi connectivity index (χ1) is 35.0. The van der Waals surface area contributed by atoms with Gasteiger partial charge in [0.15, 0.2) is 6.10 Å². The lowest BCUT2D eigenvalue weighted by Crippen LogP contribution is -2.37. The molecule has 414 valence electrons. The second kappa shape index (κ2) is 52.8. The van der Waals surface area contributed by atoms with E-state index in [0.29, 0.717) is 17.4 Å². The van der Waals surface area contributed by atoms with Crippen molar-refractivity contribution in [3.8, 4) is 0 Å². The van der Waals surface area contributed by atoms with Gasteiger partial charge in [-0.2, -0.15) is 0 Å². The van der Waals surface area contributed by atoms with Crippen LogP contribution in [0.1, 0.15) is 232 Å². The first-order valence-corrected chi connectivity index (χ1v) is 30.4. The van der Waals surface area contributed by atoms with Gasteiger partial charge in [-0.15, -0.1) is 0 Å². The SMILES string of the molecule is CC/C=C\C/C=C\C/C=C\C/C=C\C/C=C\CCCCCCCCCCCCCCCCCC(=O)OC(COC(=O)CCCCCCCCC/C=C\C/C=C\C/C=C\CC)COP(=O)([O-])OCC[N+](C)(C)C. The van der Waals surface area contributed by atoms with Gasteiger partial charge in [-0.3, -0.25) is 14.2 Å². The molecule has 0 rings (SSSR count). The third-order valence-corrected chi connectivity index (χ3v) is 13.1. The fourth-order valence-electron chi connectivity index (χ4n) is 7.70. The largest absolute Gasteiger partial charge is 0.756 e. The van der Waals surface area contributed by atoms with Gasteiger partial charge in [0.05, 0.1) is 27.7 Å². The zero-order valence-electron chi connectivity index (χ0n) is 46.8. The van der Waals surface area contributed by atoms with Crippen LogP contribution in [0.15, 0.2) is 97.2 Å². The average molecular weight is 1030 g/mol. The molecule has 0 aliphatic carbocycles. The van der Waals surface area contributed by atoms with E-state index >= 15 is 0 Å². The van der Waals surface area contributed by atoms with Gasteiger partial charge in [0, 0.05) is 12.8 Å². The minimum Gasteiger partial charge on any atom is -0.756 e. The summed E-state index contributed by atoms with van der Waals surface area (Å²) < 4.78 is 34.1. The Morgan fingerprint density at radius 1 is 0.431 bits per heavy atom. The maximum Gasteiger partial charge on any atom is 0.306 e. The zero-order chi connectivity index (χ0) is 52.7. The Balaban J connectivity index is 4.12. The highest BCUT2D eigenvalue weighted by atomic mass is 31.2. The zero-order valence-corrected chi connectivity index (χ0v) is 47.7. The van der Waals surface area contributed by atoms with Crippen molar-refractivity contribution in [2.45, 2.75) is 238 Å². The Morgan fingerprint density at radius 2 is 0.750 bits per heavy atom. The highest BCUT2D eigenvalue weighted by Gasteiger charge is 2.21. The normalized spacial score (nSPS) is 14.0. The number of carbonyl (C=O) groups is 2. The monoisotopic (exact) mass is 1030 g/mol. The summed E-state index contributed by atoms with van der Waals surface area (Å²) >= 11 is 0. The predicted octanol–water partition coefficient (Wildman–Crippen LogP) is 17.4. The average Bonchev–Trinajstić information content (AvgIpc) is 3.34. The number of nitrogens with zero attached hydrogens (tertiary/aromatic N) is 1. The molecule has 0 aromatic heterocycles. The first kappa shape index (κ1) is 68.9. The molecule has 0 aliphatic heterocycles. The van der Waals surface area contributed by atoms with E-state index in [1.165, 1.54) is 96.3 Å². The molecule has 0 radical (unpaired) electrons. The molecule has 0 aromatic carbocycles. The van der Waals surface area contributed by atoms with Gasteiger partial charge in [0.25, 0.3) is 7.82 Å². The van der Waals surface area contributed by atoms with Crippen LogP contribution in [0.3, 0.4) is 0 Å². The highest BCUT2D eigenvalue weighted by molar-refractivity contribution is 7.45.